The van der Waals surface area contributed by atoms with Crippen molar-refractivity contribution in [1.29, 1.82) is 0 Å². The van der Waals surface area contributed by atoms with Gasteiger partial charge in [0, 0.05) is 17.7 Å². The topological polar surface area (TPSA) is 71.7 Å². The first-order valence-corrected chi connectivity index (χ1v) is 6.78. The molecule has 20 heavy (non-hydrogen) atoms. The van der Waals surface area contributed by atoms with E-state index in [4.69, 9.17) is 10.6 Å². The molecule has 8 heteroatoms. The molecule has 0 aliphatic rings. The standard InChI is InChI=1S/C12H18F2N4OS/c1-8(7-19-2)16-12(18-15)17-9-3-5-10(6-4-9)20-11(13)14/h3-6,8,11H,7,15H2,1-2H3,(H2,16,17,18). The van der Waals surface area contributed by atoms with Gasteiger partial charge in [-0.3, -0.25) is 5.43 Å². The highest BCUT2D eigenvalue weighted by Crippen LogP contribution is 2.26. The molecule has 0 fully saturated rings. The first kappa shape index (κ1) is 16.7. The molecule has 1 atom stereocenters. The van der Waals surface area contributed by atoms with Gasteiger partial charge < -0.3 is 10.1 Å². The Morgan fingerprint density at radius 3 is 2.55 bits per heavy atom. The Kier molecular flexibility index (Phi) is 7.27. The van der Waals surface area contributed by atoms with E-state index in [0.29, 0.717) is 34.9 Å². The molecule has 112 valence electrons. The van der Waals surface area contributed by atoms with E-state index in [1.165, 1.54) is 0 Å². The Labute approximate surface area is 120 Å². The molecule has 0 spiro atoms. The van der Waals surface area contributed by atoms with Gasteiger partial charge in [0.25, 0.3) is 5.76 Å². The number of benzene rings is 1. The van der Waals surface area contributed by atoms with Gasteiger partial charge >= 0.3 is 0 Å². The lowest BCUT2D eigenvalue weighted by atomic mass is 10.3. The number of ether oxygens (including phenoxy) is 1. The van der Waals surface area contributed by atoms with Crippen molar-refractivity contribution in [2.75, 3.05) is 19.0 Å². The highest BCUT2D eigenvalue weighted by Gasteiger charge is 2.06. The summed E-state index contributed by atoms with van der Waals surface area (Å²) in [5.41, 5.74) is 3.14. The van der Waals surface area contributed by atoms with Crippen LogP contribution in [0.2, 0.25) is 0 Å². The predicted octanol–water partition coefficient (Wildman–Crippen LogP) is 2.27. The van der Waals surface area contributed by atoms with Gasteiger partial charge in [0.1, 0.15) is 0 Å². The highest BCUT2D eigenvalue weighted by atomic mass is 32.2. The molecular weight excluding hydrogens is 286 g/mol. The monoisotopic (exact) mass is 304 g/mol. The molecule has 1 aromatic rings. The van der Waals surface area contributed by atoms with Crippen LogP contribution in [0.4, 0.5) is 14.5 Å². The van der Waals surface area contributed by atoms with E-state index in [-0.39, 0.29) is 6.04 Å². The van der Waals surface area contributed by atoms with Crippen molar-refractivity contribution in [2.45, 2.75) is 23.6 Å². The number of rotatable bonds is 6. The van der Waals surface area contributed by atoms with Crippen molar-refractivity contribution >= 4 is 23.4 Å². The lowest BCUT2D eigenvalue weighted by Gasteiger charge is -2.12. The summed E-state index contributed by atoms with van der Waals surface area (Å²) in [7, 11) is 1.59. The molecule has 5 nitrogen and oxygen atoms in total. The molecule has 1 unspecified atom stereocenters. The lowest BCUT2D eigenvalue weighted by molar-refractivity contribution is 0.185. The van der Waals surface area contributed by atoms with Crippen LogP contribution in [0.25, 0.3) is 0 Å². The summed E-state index contributed by atoms with van der Waals surface area (Å²) in [5, 5.41) is 2.96. The predicted molar refractivity (Wildman–Crippen MR) is 78.0 cm³/mol. The Morgan fingerprint density at radius 2 is 2.05 bits per heavy atom. The first-order valence-electron chi connectivity index (χ1n) is 5.90. The number of aliphatic imine (C=N–C) groups is 1. The third-order valence-electron chi connectivity index (χ3n) is 2.24. The third-order valence-corrected chi connectivity index (χ3v) is 2.96. The van der Waals surface area contributed by atoms with Crippen LogP contribution < -0.4 is 16.6 Å². The molecule has 4 N–H and O–H groups in total. The summed E-state index contributed by atoms with van der Waals surface area (Å²) < 4.78 is 29.4. The number of nitrogens with two attached hydrogens (primary N) is 1. The number of anilines is 1. The zero-order valence-electron chi connectivity index (χ0n) is 11.3. The van der Waals surface area contributed by atoms with Crippen LogP contribution in [0.1, 0.15) is 6.92 Å². The molecule has 0 aliphatic heterocycles. The van der Waals surface area contributed by atoms with Gasteiger partial charge in [-0.2, -0.15) is 8.78 Å². The van der Waals surface area contributed by atoms with Gasteiger partial charge in [-0.1, -0.05) is 11.8 Å². The average Bonchev–Trinajstić information content (AvgIpc) is 2.40. The van der Waals surface area contributed by atoms with E-state index in [9.17, 15) is 8.78 Å². The molecule has 0 radical (unpaired) electrons. The molecule has 0 amide bonds. The van der Waals surface area contributed by atoms with Gasteiger partial charge in [-0.05, 0) is 31.2 Å². The largest absolute Gasteiger partial charge is 0.382 e. The van der Waals surface area contributed by atoms with Gasteiger partial charge in [-0.25, -0.2) is 10.8 Å². The van der Waals surface area contributed by atoms with Crippen molar-refractivity contribution in [3.05, 3.63) is 24.3 Å². The third kappa shape index (κ3) is 6.18. The molecule has 0 aliphatic carbocycles. The Hall–Kier alpha value is -1.38. The number of alkyl halides is 2. The second kappa shape index (κ2) is 8.72. The van der Waals surface area contributed by atoms with Crippen molar-refractivity contribution in [3.8, 4) is 0 Å². The number of nitrogens with one attached hydrogen (secondary N) is 2. The van der Waals surface area contributed by atoms with Crippen LogP contribution >= 0.6 is 11.8 Å². The van der Waals surface area contributed by atoms with Crippen molar-refractivity contribution in [3.63, 3.8) is 0 Å². The highest BCUT2D eigenvalue weighted by molar-refractivity contribution is 7.99. The van der Waals surface area contributed by atoms with Crippen molar-refractivity contribution in [1.82, 2.24) is 5.43 Å². The minimum absolute atomic E-state index is 0.0628. The summed E-state index contributed by atoms with van der Waals surface area (Å²) in [6.07, 6.45) is 0. The van der Waals surface area contributed by atoms with Crippen LogP contribution in [-0.2, 0) is 4.74 Å². The quantitative estimate of drug-likeness (QED) is 0.247. The minimum atomic E-state index is -2.42. The molecule has 1 aromatic carbocycles. The number of thioether (sulfide) groups is 1. The van der Waals surface area contributed by atoms with Crippen molar-refractivity contribution < 1.29 is 13.5 Å². The maximum absolute atomic E-state index is 12.2. The molecule has 0 bridgehead atoms. The molecule has 0 heterocycles. The van der Waals surface area contributed by atoms with Gasteiger partial charge in [-0.15, -0.1) is 0 Å². The summed E-state index contributed by atoms with van der Waals surface area (Å²) in [6.45, 7) is 2.35. The normalized spacial score (nSPS) is 13.4. The molecule has 0 saturated carbocycles. The summed E-state index contributed by atoms with van der Waals surface area (Å²) in [4.78, 5) is 4.77. The van der Waals surface area contributed by atoms with Crippen LogP contribution in [0.15, 0.2) is 34.2 Å². The number of hydrazine groups is 1. The zero-order valence-corrected chi connectivity index (χ0v) is 12.1. The summed E-state index contributed by atoms with van der Waals surface area (Å²) >= 11 is 0.501. The van der Waals surface area contributed by atoms with E-state index in [1.54, 1.807) is 31.4 Å². The smallest absolute Gasteiger partial charge is 0.288 e. The second-order valence-electron chi connectivity index (χ2n) is 3.95. The average molecular weight is 304 g/mol. The maximum Gasteiger partial charge on any atom is 0.288 e. The Bertz CT molecular complexity index is 428. The fourth-order valence-corrected chi connectivity index (χ4v) is 1.96. The van der Waals surface area contributed by atoms with Crippen LogP contribution in [0.5, 0.6) is 0 Å². The number of hydrogen-bond donors (Lipinski definition) is 3. The van der Waals surface area contributed by atoms with E-state index < -0.39 is 5.76 Å². The first-order chi connectivity index (χ1) is 9.55. The molecular formula is C12H18F2N4OS. The maximum atomic E-state index is 12.2. The number of hydrogen-bond acceptors (Lipinski definition) is 4. The number of guanidine groups is 1. The van der Waals surface area contributed by atoms with E-state index >= 15 is 0 Å². The van der Waals surface area contributed by atoms with Crippen LogP contribution in [-0.4, -0.2) is 31.5 Å². The fraction of sp³-hybridized carbons (Fsp3) is 0.417. The number of nitrogens with zero attached hydrogens (tertiary/aromatic N) is 1. The minimum Gasteiger partial charge on any atom is -0.382 e. The fourth-order valence-electron chi connectivity index (χ4n) is 1.46. The molecule has 1 rings (SSSR count). The second-order valence-corrected chi connectivity index (χ2v) is 5.02. The van der Waals surface area contributed by atoms with Crippen molar-refractivity contribution in [2.24, 2.45) is 10.8 Å². The number of methoxy groups -OCH3 is 1. The van der Waals surface area contributed by atoms with E-state index in [1.807, 2.05) is 6.92 Å². The Morgan fingerprint density at radius 1 is 1.40 bits per heavy atom. The van der Waals surface area contributed by atoms with Crippen LogP contribution in [0.3, 0.4) is 0 Å². The van der Waals surface area contributed by atoms with Gasteiger partial charge in [0.15, 0.2) is 0 Å². The van der Waals surface area contributed by atoms with Gasteiger partial charge in [0.05, 0.1) is 12.6 Å². The Balaban J connectivity index is 2.65. The molecule has 0 saturated heterocycles. The van der Waals surface area contributed by atoms with E-state index in [0.717, 1.165) is 0 Å². The van der Waals surface area contributed by atoms with Crippen LogP contribution in [0, 0.1) is 0 Å². The van der Waals surface area contributed by atoms with E-state index in [2.05, 4.69) is 15.7 Å². The number of halogens is 2. The summed E-state index contributed by atoms with van der Waals surface area (Å²) in [6, 6.07) is 6.50. The SMILES string of the molecule is COCC(C)N=C(NN)Nc1ccc(SC(F)F)cc1. The molecule has 0 aromatic heterocycles. The van der Waals surface area contributed by atoms with Gasteiger partial charge in [0.2, 0.25) is 5.96 Å². The zero-order chi connectivity index (χ0) is 15.0. The summed E-state index contributed by atoms with van der Waals surface area (Å²) in [5.74, 6) is 3.33. The lowest BCUT2D eigenvalue weighted by Crippen LogP contribution is -2.37.